The minimum atomic E-state index is -0.192. The molecule has 112 valence electrons. The van der Waals surface area contributed by atoms with Crippen LogP contribution in [0.15, 0.2) is 40.9 Å². The third-order valence-electron chi connectivity index (χ3n) is 4.32. The predicted octanol–water partition coefficient (Wildman–Crippen LogP) is 2.93. The molecule has 21 heavy (non-hydrogen) atoms. The minimum absolute atomic E-state index is 0.192. The number of hydrogen-bond acceptors (Lipinski definition) is 4. The highest BCUT2D eigenvalue weighted by Gasteiger charge is 2.23. The molecular weight excluding hydrogens is 264 g/mol. The molecule has 4 nitrogen and oxygen atoms in total. The van der Waals surface area contributed by atoms with E-state index in [0.29, 0.717) is 5.92 Å². The van der Waals surface area contributed by atoms with Gasteiger partial charge in [-0.25, -0.2) is 0 Å². The van der Waals surface area contributed by atoms with Crippen LogP contribution in [0.1, 0.15) is 25.5 Å². The Morgan fingerprint density at radius 3 is 2.67 bits per heavy atom. The minimum Gasteiger partial charge on any atom is -0.393 e. The zero-order valence-corrected chi connectivity index (χ0v) is 12.4. The summed E-state index contributed by atoms with van der Waals surface area (Å²) in [6.07, 6.45) is 1.91. The Morgan fingerprint density at radius 2 is 2.00 bits per heavy atom. The van der Waals surface area contributed by atoms with Gasteiger partial charge in [0.05, 0.1) is 12.6 Å². The molecule has 4 heteroatoms. The lowest BCUT2D eigenvalue weighted by atomic mass is 9.92. The summed E-state index contributed by atoms with van der Waals surface area (Å²) in [6.45, 7) is 4.71. The summed E-state index contributed by atoms with van der Waals surface area (Å²) in [7, 11) is 0. The largest absolute Gasteiger partial charge is 0.393 e. The highest BCUT2D eigenvalue weighted by molar-refractivity contribution is 5.58. The Hall–Kier alpha value is -1.65. The number of aliphatic hydroxyl groups is 1. The molecule has 1 atom stereocenters. The van der Waals surface area contributed by atoms with Crippen molar-refractivity contribution in [3.8, 4) is 11.3 Å². The average molecular weight is 286 g/mol. The topological polar surface area (TPSA) is 49.5 Å². The molecule has 2 heterocycles. The lowest BCUT2D eigenvalue weighted by Crippen LogP contribution is -2.36. The van der Waals surface area contributed by atoms with Crippen molar-refractivity contribution in [3.63, 3.8) is 0 Å². The molecular formula is C17H22N2O2. The fraction of sp³-hybridized carbons (Fsp3) is 0.471. The summed E-state index contributed by atoms with van der Waals surface area (Å²) in [6, 6.07) is 12.1. The van der Waals surface area contributed by atoms with E-state index in [1.54, 1.807) is 0 Å². The van der Waals surface area contributed by atoms with Gasteiger partial charge in [-0.3, -0.25) is 4.90 Å². The number of likely N-dealkylation sites (tertiary alicyclic amines) is 1. The first-order chi connectivity index (χ1) is 10.2. The van der Waals surface area contributed by atoms with Crippen molar-refractivity contribution in [1.29, 1.82) is 0 Å². The van der Waals surface area contributed by atoms with Gasteiger partial charge in [0.2, 0.25) is 0 Å². The van der Waals surface area contributed by atoms with Crippen molar-refractivity contribution in [1.82, 2.24) is 10.1 Å². The third kappa shape index (κ3) is 3.52. The Kier molecular flexibility index (Phi) is 4.36. The van der Waals surface area contributed by atoms with Crippen LogP contribution in [0.4, 0.5) is 0 Å². The van der Waals surface area contributed by atoms with Crippen molar-refractivity contribution >= 4 is 0 Å². The van der Waals surface area contributed by atoms with E-state index < -0.39 is 0 Å². The molecule has 0 amide bonds. The molecule has 1 fully saturated rings. The fourth-order valence-corrected chi connectivity index (χ4v) is 2.95. The van der Waals surface area contributed by atoms with Crippen molar-refractivity contribution in [2.45, 2.75) is 32.4 Å². The van der Waals surface area contributed by atoms with Crippen molar-refractivity contribution in [2.75, 3.05) is 13.1 Å². The second kappa shape index (κ2) is 6.41. The highest BCUT2D eigenvalue weighted by Crippen LogP contribution is 2.23. The molecule has 1 aliphatic rings. The molecule has 1 aromatic heterocycles. The number of rotatable bonds is 4. The molecule has 1 aliphatic heterocycles. The summed E-state index contributed by atoms with van der Waals surface area (Å²) in [4.78, 5) is 2.37. The van der Waals surface area contributed by atoms with Crippen LogP contribution in [0.25, 0.3) is 11.3 Å². The smallest absolute Gasteiger partial charge is 0.151 e. The molecule has 1 saturated heterocycles. The van der Waals surface area contributed by atoms with Crippen molar-refractivity contribution in [2.24, 2.45) is 5.92 Å². The number of hydrogen-bond donors (Lipinski definition) is 1. The van der Waals surface area contributed by atoms with E-state index in [0.717, 1.165) is 49.5 Å². The molecule has 1 N–H and O–H groups in total. The molecule has 2 aromatic rings. The third-order valence-corrected chi connectivity index (χ3v) is 4.32. The van der Waals surface area contributed by atoms with E-state index in [4.69, 9.17) is 4.52 Å². The molecule has 0 radical (unpaired) electrons. The summed E-state index contributed by atoms with van der Waals surface area (Å²) >= 11 is 0. The quantitative estimate of drug-likeness (QED) is 0.939. The van der Waals surface area contributed by atoms with E-state index in [2.05, 4.69) is 10.1 Å². The summed E-state index contributed by atoms with van der Waals surface area (Å²) in [5.74, 6) is 1.35. The SMILES string of the molecule is CC(O)C1CCN(Cc2cc(-c3ccccc3)no2)CC1. The van der Waals surface area contributed by atoms with Gasteiger partial charge in [-0.1, -0.05) is 35.5 Å². The van der Waals surface area contributed by atoms with Gasteiger partial charge in [0, 0.05) is 11.6 Å². The molecule has 0 saturated carbocycles. The second-order valence-electron chi connectivity index (χ2n) is 5.90. The van der Waals surface area contributed by atoms with Crippen LogP contribution >= 0.6 is 0 Å². The maximum Gasteiger partial charge on any atom is 0.151 e. The molecule has 0 spiro atoms. The Balaban J connectivity index is 1.59. The van der Waals surface area contributed by atoms with Gasteiger partial charge in [0.15, 0.2) is 5.76 Å². The summed E-state index contributed by atoms with van der Waals surface area (Å²) in [5.41, 5.74) is 1.98. The van der Waals surface area contributed by atoms with E-state index in [1.807, 2.05) is 43.3 Å². The molecule has 1 unspecified atom stereocenters. The van der Waals surface area contributed by atoms with Crippen LogP contribution < -0.4 is 0 Å². The first kappa shape index (κ1) is 14.3. The van der Waals surface area contributed by atoms with Crippen LogP contribution in [0.5, 0.6) is 0 Å². The predicted molar refractivity (Wildman–Crippen MR) is 81.6 cm³/mol. The maximum absolute atomic E-state index is 9.64. The van der Waals surface area contributed by atoms with Gasteiger partial charge < -0.3 is 9.63 Å². The van der Waals surface area contributed by atoms with Gasteiger partial charge in [-0.15, -0.1) is 0 Å². The maximum atomic E-state index is 9.64. The van der Waals surface area contributed by atoms with Gasteiger partial charge in [0.25, 0.3) is 0 Å². The zero-order chi connectivity index (χ0) is 14.7. The van der Waals surface area contributed by atoms with Crippen molar-refractivity contribution < 1.29 is 9.63 Å². The van der Waals surface area contributed by atoms with E-state index in [9.17, 15) is 5.11 Å². The number of benzene rings is 1. The van der Waals surface area contributed by atoms with Crippen LogP contribution in [0.3, 0.4) is 0 Å². The fourth-order valence-electron chi connectivity index (χ4n) is 2.95. The highest BCUT2D eigenvalue weighted by atomic mass is 16.5. The Bertz CT molecular complexity index is 557. The number of nitrogens with zero attached hydrogens (tertiary/aromatic N) is 2. The first-order valence-electron chi connectivity index (χ1n) is 7.64. The number of aliphatic hydroxyl groups excluding tert-OH is 1. The standard InChI is InChI=1S/C17H22N2O2/c1-13(20)14-7-9-19(10-8-14)12-16-11-17(18-21-16)15-5-3-2-4-6-15/h2-6,11,13-14,20H,7-10,12H2,1H3. The van der Waals surface area contributed by atoms with Gasteiger partial charge >= 0.3 is 0 Å². The van der Waals surface area contributed by atoms with Crippen LogP contribution in [-0.2, 0) is 6.54 Å². The van der Waals surface area contributed by atoms with Crippen molar-refractivity contribution in [3.05, 3.63) is 42.2 Å². The summed E-state index contributed by atoms with van der Waals surface area (Å²) < 4.78 is 5.46. The van der Waals surface area contributed by atoms with Crippen LogP contribution in [0.2, 0.25) is 0 Å². The lowest BCUT2D eigenvalue weighted by molar-refractivity contribution is 0.0666. The van der Waals surface area contributed by atoms with E-state index >= 15 is 0 Å². The van der Waals surface area contributed by atoms with E-state index in [1.165, 1.54) is 0 Å². The van der Waals surface area contributed by atoms with Crippen LogP contribution in [0, 0.1) is 5.92 Å². The number of aromatic nitrogens is 1. The Morgan fingerprint density at radius 1 is 1.29 bits per heavy atom. The zero-order valence-electron chi connectivity index (χ0n) is 12.4. The first-order valence-corrected chi connectivity index (χ1v) is 7.64. The van der Waals surface area contributed by atoms with Gasteiger partial charge in [0.1, 0.15) is 5.69 Å². The molecule has 0 aliphatic carbocycles. The van der Waals surface area contributed by atoms with E-state index in [-0.39, 0.29) is 6.10 Å². The molecule has 0 bridgehead atoms. The van der Waals surface area contributed by atoms with Gasteiger partial charge in [-0.2, -0.15) is 0 Å². The average Bonchev–Trinajstić information content (AvgIpc) is 2.97. The molecule has 3 rings (SSSR count). The van der Waals surface area contributed by atoms with Crippen LogP contribution in [-0.4, -0.2) is 34.4 Å². The molecule has 1 aromatic carbocycles. The normalized spacial score (nSPS) is 18.8. The summed E-state index contributed by atoms with van der Waals surface area (Å²) in [5, 5.41) is 13.8. The second-order valence-corrected chi connectivity index (χ2v) is 5.90. The van der Waals surface area contributed by atoms with Gasteiger partial charge in [-0.05, 0) is 38.8 Å². The Labute approximate surface area is 125 Å². The lowest BCUT2D eigenvalue weighted by Gasteiger charge is -2.32. The monoisotopic (exact) mass is 286 g/mol. The number of piperidine rings is 1.